The first kappa shape index (κ1) is 69.8. The van der Waals surface area contributed by atoms with Crippen LogP contribution < -0.4 is 0 Å². The van der Waals surface area contributed by atoms with E-state index in [0.717, 1.165) is 0 Å². The Hall–Kier alpha value is 1.11. The Balaban J connectivity index is 0. The average Bonchev–Trinajstić information content (AvgIpc) is 0. The van der Waals surface area contributed by atoms with Gasteiger partial charge in [0.1, 0.15) is 0 Å². The standard InChI is InChI=1S/B.ClH.H2O.Sn/h;1H;1H2;. The maximum atomic E-state index is 0. The smallest absolute Gasteiger partial charge is 0 e. The maximum absolute atomic E-state index is 0. The minimum atomic E-state index is 0. The summed E-state index contributed by atoms with van der Waals surface area (Å²) < 4.78 is 0. The SMILES string of the molecule is Cl.O.[B].[Sn]. The van der Waals surface area contributed by atoms with Gasteiger partial charge in [0.25, 0.3) is 0 Å². The molecule has 0 aromatic rings. The van der Waals surface area contributed by atoms with E-state index in [4.69, 9.17) is 0 Å². The number of rotatable bonds is 0. The van der Waals surface area contributed by atoms with Crippen LogP contribution in [0.25, 0.3) is 0 Å². The molecular weight excluding hydrogens is 181 g/mol. The average molecular weight is 184 g/mol. The molecule has 2 N–H and O–H groups in total. The Labute approximate surface area is 50.4 Å². The fourth-order valence-electron chi connectivity index (χ4n) is 0. The molecule has 23 valence electrons. The topological polar surface area (TPSA) is 31.5 Å². The Morgan fingerprint density at radius 3 is 1.00 bits per heavy atom. The van der Waals surface area contributed by atoms with Crippen LogP contribution in [-0.2, 0) is 0 Å². The fraction of sp³-hybridized carbons (Fsp3) is 0. The van der Waals surface area contributed by atoms with Crippen LogP contribution in [0.15, 0.2) is 0 Å². The van der Waals surface area contributed by atoms with E-state index in [2.05, 4.69) is 0 Å². The molecule has 0 spiro atoms. The largest absolute Gasteiger partial charge is 0.412 e. The summed E-state index contributed by atoms with van der Waals surface area (Å²) >= 11 is 0. The number of hydrogen-bond acceptors (Lipinski definition) is 0. The van der Waals surface area contributed by atoms with Crippen molar-refractivity contribution in [3.63, 3.8) is 0 Å². The van der Waals surface area contributed by atoms with Gasteiger partial charge in [0.05, 0.1) is 0 Å². The van der Waals surface area contributed by atoms with Crippen molar-refractivity contribution in [2.75, 3.05) is 0 Å². The molecule has 0 aliphatic heterocycles. The molecule has 0 bridgehead atoms. The first-order valence-corrected chi connectivity index (χ1v) is 0. The molecule has 0 atom stereocenters. The van der Waals surface area contributed by atoms with E-state index < -0.39 is 0 Å². The van der Waals surface area contributed by atoms with Gasteiger partial charge in [-0.25, -0.2) is 0 Å². The maximum Gasteiger partial charge on any atom is 0 e. The molecule has 0 rings (SSSR count). The predicted octanol–water partition coefficient (Wildman–Crippen LogP) is -1.16. The summed E-state index contributed by atoms with van der Waals surface area (Å²) in [5.41, 5.74) is 0. The number of halogens is 1. The normalized spacial score (nSPS) is 0. The van der Waals surface area contributed by atoms with E-state index in [0.29, 0.717) is 0 Å². The minimum absolute atomic E-state index is 0. The van der Waals surface area contributed by atoms with Crippen molar-refractivity contribution in [1.82, 2.24) is 0 Å². The van der Waals surface area contributed by atoms with Gasteiger partial charge in [0, 0.05) is 32.3 Å². The molecule has 7 radical (unpaired) electrons. The first-order chi connectivity index (χ1) is 0. The zero-order valence-corrected chi connectivity index (χ0v) is 5.66. The van der Waals surface area contributed by atoms with E-state index in [1.54, 1.807) is 0 Å². The molecule has 4 heteroatoms. The van der Waals surface area contributed by atoms with Gasteiger partial charge in [0.2, 0.25) is 0 Å². The molecule has 0 aliphatic carbocycles. The molecule has 0 saturated carbocycles. The summed E-state index contributed by atoms with van der Waals surface area (Å²) in [6, 6.07) is 0. The van der Waals surface area contributed by atoms with Crippen LogP contribution in [0, 0.1) is 0 Å². The second-order valence-corrected chi connectivity index (χ2v) is 0. The zero-order valence-electron chi connectivity index (χ0n) is 1.99. The second-order valence-electron chi connectivity index (χ2n) is 0. The molecule has 0 heterocycles. The summed E-state index contributed by atoms with van der Waals surface area (Å²) in [5.74, 6) is 0. The van der Waals surface area contributed by atoms with E-state index in [1.807, 2.05) is 0 Å². The predicted molar refractivity (Wildman–Crippen MR) is 22.4 cm³/mol. The van der Waals surface area contributed by atoms with Gasteiger partial charge in [-0.15, -0.1) is 12.4 Å². The van der Waals surface area contributed by atoms with Gasteiger partial charge in [-0.3, -0.25) is 0 Å². The third-order valence-electron chi connectivity index (χ3n) is 0. The van der Waals surface area contributed by atoms with Gasteiger partial charge in [-0.1, -0.05) is 0 Å². The third kappa shape index (κ3) is 11.2. The molecule has 0 saturated heterocycles. The van der Waals surface area contributed by atoms with Gasteiger partial charge >= 0.3 is 0 Å². The first-order valence-electron chi connectivity index (χ1n) is 0. The van der Waals surface area contributed by atoms with E-state index >= 15 is 0 Å². The summed E-state index contributed by atoms with van der Waals surface area (Å²) in [6.07, 6.45) is 0. The molecular formula is H3BClOSn. The van der Waals surface area contributed by atoms with Gasteiger partial charge in [-0.2, -0.15) is 0 Å². The summed E-state index contributed by atoms with van der Waals surface area (Å²) in [6.45, 7) is 0. The van der Waals surface area contributed by atoms with E-state index in [-0.39, 0.29) is 50.2 Å². The van der Waals surface area contributed by atoms with Crippen molar-refractivity contribution < 1.29 is 5.48 Å². The Morgan fingerprint density at radius 1 is 1.00 bits per heavy atom. The Kier molecular flexibility index (Phi) is 561. The van der Waals surface area contributed by atoms with Crippen molar-refractivity contribution in [2.45, 2.75) is 0 Å². The van der Waals surface area contributed by atoms with Gasteiger partial charge in [-0.05, 0) is 0 Å². The van der Waals surface area contributed by atoms with Crippen LogP contribution >= 0.6 is 12.4 Å². The quantitative estimate of drug-likeness (QED) is 0.425. The molecule has 1 nitrogen and oxygen atoms in total. The fourth-order valence-corrected chi connectivity index (χ4v) is 0. The summed E-state index contributed by atoms with van der Waals surface area (Å²) in [7, 11) is 0. The van der Waals surface area contributed by atoms with Gasteiger partial charge in [0.15, 0.2) is 0 Å². The van der Waals surface area contributed by atoms with Crippen molar-refractivity contribution in [2.24, 2.45) is 0 Å². The molecule has 4 heavy (non-hydrogen) atoms. The molecule has 0 amide bonds. The van der Waals surface area contributed by atoms with Crippen molar-refractivity contribution in [1.29, 1.82) is 0 Å². The number of hydrogen-bond donors (Lipinski definition) is 0. The van der Waals surface area contributed by atoms with Crippen LogP contribution in [-0.4, -0.2) is 37.8 Å². The monoisotopic (exact) mass is 185 g/mol. The van der Waals surface area contributed by atoms with Crippen LogP contribution in [0.2, 0.25) is 0 Å². The second kappa shape index (κ2) is 32.2. The van der Waals surface area contributed by atoms with Crippen LogP contribution in [0.5, 0.6) is 0 Å². The summed E-state index contributed by atoms with van der Waals surface area (Å²) in [4.78, 5) is 0. The molecule has 0 fully saturated rings. The molecule has 0 unspecified atom stereocenters. The zero-order chi connectivity index (χ0) is 0. The molecule has 0 aromatic heterocycles. The van der Waals surface area contributed by atoms with Crippen molar-refractivity contribution in [3.8, 4) is 0 Å². The van der Waals surface area contributed by atoms with Crippen LogP contribution in [0.3, 0.4) is 0 Å². The van der Waals surface area contributed by atoms with Crippen LogP contribution in [0.1, 0.15) is 0 Å². The molecule has 0 aromatic carbocycles. The minimum Gasteiger partial charge on any atom is -0.412 e. The van der Waals surface area contributed by atoms with Gasteiger partial charge < -0.3 is 5.48 Å². The van der Waals surface area contributed by atoms with Crippen molar-refractivity contribution >= 4 is 44.7 Å². The molecule has 0 aliphatic rings. The van der Waals surface area contributed by atoms with Crippen LogP contribution in [0.4, 0.5) is 0 Å². The Bertz CT molecular complexity index is 8.00. The van der Waals surface area contributed by atoms with E-state index in [1.165, 1.54) is 0 Å². The van der Waals surface area contributed by atoms with Crippen molar-refractivity contribution in [3.05, 3.63) is 0 Å². The Morgan fingerprint density at radius 2 is 1.00 bits per heavy atom. The summed E-state index contributed by atoms with van der Waals surface area (Å²) in [5, 5.41) is 0. The third-order valence-corrected chi connectivity index (χ3v) is 0. The van der Waals surface area contributed by atoms with E-state index in [9.17, 15) is 0 Å².